The van der Waals surface area contributed by atoms with Gasteiger partial charge in [-0.3, -0.25) is 4.79 Å². The zero-order valence-corrected chi connectivity index (χ0v) is 13.6. The van der Waals surface area contributed by atoms with Gasteiger partial charge in [0.15, 0.2) is 5.16 Å². The molecule has 3 rings (SSSR count). The van der Waals surface area contributed by atoms with Gasteiger partial charge < -0.3 is 15.1 Å². The van der Waals surface area contributed by atoms with Crippen LogP contribution in [0.1, 0.15) is 5.89 Å². The number of nitrogen functional groups attached to an aromatic ring is 1. The van der Waals surface area contributed by atoms with Crippen LogP contribution in [0.3, 0.4) is 0 Å². The van der Waals surface area contributed by atoms with Crippen LogP contribution >= 0.6 is 39.0 Å². The fourth-order valence-corrected chi connectivity index (χ4v) is 3.52. The van der Waals surface area contributed by atoms with E-state index in [4.69, 9.17) is 10.2 Å². The van der Waals surface area contributed by atoms with Gasteiger partial charge in [0.2, 0.25) is 5.89 Å². The highest BCUT2D eigenvalue weighted by atomic mass is 79.9. The standard InChI is InChI=1S/C11H8BrN5O2S2/c12-6-2-1-5(21-6)10-17-16-9(19-10)4-20-11-14-7(13)3-8(18)15-11/h1-3H,4H2,(H3,13,14,15,18). The first-order valence-electron chi connectivity index (χ1n) is 5.68. The van der Waals surface area contributed by atoms with E-state index in [1.807, 2.05) is 12.1 Å². The van der Waals surface area contributed by atoms with E-state index in [2.05, 4.69) is 36.1 Å². The molecule has 0 fully saturated rings. The topological polar surface area (TPSA) is 111 Å². The van der Waals surface area contributed by atoms with Gasteiger partial charge in [0.05, 0.1) is 14.4 Å². The molecule has 0 aliphatic carbocycles. The Morgan fingerprint density at radius 2 is 2.29 bits per heavy atom. The lowest BCUT2D eigenvalue weighted by Gasteiger charge is -1.98. The van der Waals surface area contributed by atoms with Crippen LogP contribution in [0.25, 0.3) is 10.8 Å². The minimum absolute atomic E-state index is 0.177. The van der Waals surface area contributed by atoms with Crippen molar-refractivity contribution in [2.75, 3.05) is 5.73 Å². The molecule has 0 amide bonds. The van der Waals surface area contributed by atoms with Crippen molar-refractivity contribution in [1.82, 2.24) is 20.2 Å². The second-order valence-corrected chi connectivity index (χ2v) is 7.30. The minimum Gasteiger partial charge on any atom is -0.419 e. The molecule has 0 spiro atoms. The van der Waals surface area contributed by atoms with Crippen molar-refractivity contribution in [3.63, 3.8) is 0 Å². The second-order valence-electron chi connectivity index (χ2n) is 3.87. The summed E-state index contributed by atoms with van der Waals surface area (Å²) < 4.78 is 6.55. The van der Waals surface area contributed by atoms with E-state index in [-0.39, 0.29) is 11.4 Å². The molecule has 10 heteroatoms. The number of aromatic nitrogens is 4. The first kappa shape index (κ1) is 14.3. The van der Waals surface area contributed by atoms with Gasteiger partial charge in [0.25, 0.3) is 11.4 Å². The predicted molar refractivity (Wildman–Crippen MR) is 84.1 cm³/mol. The fourth-order valence-electron chi connectivity index (χ4n) is 1.49. The van der Waals surface area contributed by atoms with Crippen LogP contribution in [-0.4, -0.2) is 20.2 Å². The Kier molecular flexibility index (Phi) is 4.08. The number of aromatic amines is 1. The summed E-state index contributed by atoms with van der Waals surface area (Å²) in [4.78, 5) is 18.8. The van der Waals surface area contributed by atoms with Crippen LogP contribution < -0.4 is 11.3 Å². The van der Waals surface area contributed by atoms with Crippen molar-refractivity contribution in [3.8, 4) is 10.8 Å². The highest BCUT2D eigenvalue weighted by molar-refractivity contribution is 9.11. The van der Waals surface area contributed by atoms with E-state index in [1.165, 1.54) is 29.2 Å². The van der Waals surface area contributed by atoms with E-state index in [1.54, 1.807) is 0 Å². The lowest BCUT2D eigenvalue weighted by atomic mass is 10.5. The van der Waals surface area contributed by atoms with Crippen LogP contribution in [-0.2, 0) is 5.75 Å². The van der Waals surface area contributed by atoms with E-state index >= 15 is 0 Å². The number of H-pyrrole nitrogens is 1. The number of nitrogens with zero attached hydrogens (tertiary/aromatic N) is 3. The van der Waals surface area contributed by atoms with Gasteiger partial charge in [0.1, 0.15) is 5.82 Å². The average molecular weight is 386 g/mol. The number of hydrogen-bond acceptors (Lipinski definition) is 8. The zero-order chi connectivity index (χ0) is 14.8. The van der Waals surface area contributed by atoms with Crippen LogP contribution in [0.2, 0.25) is 0 Å². The largest absolute Gasteiger partial charge is 0.419 e. The molecule has 108 valence electrons. The van der Waals surface area contributed by atoms with E-state index in [0.29, 0.717) is 22.7 Å². The molecule has 3 aromatic rings. The third-order valence-electron chi connectivity index (χ3n) is 2.32. The van der Waals surface area contributed by atoms with Crippen molar-refractivity contribution in [1.29, 1.82) is 0 Å². The summed E-state index contributed by atoms with van der Waals surface area (Å²) in [5.41, 5.74) is 5.22. The molecule has 3 N–H and O–H groups in total. The highest BCUT2D eigenvalue weighted by Gasteiger charge is 2.11. The molecule has 21 heavy (non-hydrogen) atoms. The predicted octanol–water partition coefficient (Wildman–Crippen LogP) is 2.52. The number of halogens is 1. The average Bonchev–Trinajstić information content (AvgIpc) is 3.04. The van der Waals surface area contributed by atoms with Crippen molar-refractivity contribution >= 4 is 44.8 Å². The van der Waals surface area contributed by atoms with Gasteiger partial charge in [-0.25, -0.2) is 4.98 Å². The number of nitrogens with two attached hydrogens (primary N) is 1. The number of thioether (sulfide) groups is 1. The molecule has 0 saturated carbocycles. The first-order chi connectivity index (χ1) is 10.1. The molecule has 0 unspecified atom stereocenters. The van der Waals surface area contributed by atoms with Crippen molar-refractivity contribution in [2.24, 2.45) is 0 Å². The van der Waals surface area contributed by atoms with Crippen LogP contribution in [0.4, 0.5) is 5.82 Å². The van der Waals surface area contributed by atoms with Crippen molar-refractivity contribution in [2.45, 2.75) is 10.9 Å². The van der Waals surface area contributed by atoms with Gasteiger partial charge in [-0.05, 0) is 28.1 Å². The van der Waals surface area contributed by atoms with Gasteiger partial charge >= 0.3 is 0 Å². The normalized spacial score (nSPS) is 10.9. The summed E-state index contributed by atoms with van der Waals surface area (Å²) in [6.07, 6.45) is 0. The smallest absolute Gasteiger partial charge is 0.257 e. The lowest BCUT2D eigenvalue weighted by molar-refractivity contribution is 0.529. The van der Waals surface area contributed by atoms with E-state index in [9.17, 15) is 4.79 Å². The molecular weight excluding hydrogens is 378 g/mol. The molecular formula is C11H8BrN5O2S2. The SMILES string of the molecule is Nc1cc(=O)[nH]c(SCc2nnc(-c3ccc(Br)s3)o2)n1. The Hall–Kier alpha value is -1.65. The number of anilines is 1. The van der Waals surface area contributed by atoms with E-state index in [0.717, 1.165) is 8.66 Å². The molecule has 0 aliphatic heterocycles. The highest BCUT2D eigenvalue weighted by Crippen LogP contribution is 2.31. The van der Waals surface area contributed by atoms with E-state index < -0.39 is 0 Å². The molecule has 7 nitrogen and oxygen atoms in total. The summed E-state index contributed by atoms with van der Waals surface area (Å²) in [5.74, 6) is 1.49. The summed E-state index contributed by atoms with van der Waals surface area (Å²) in [7, 11) is 0. The molecule has 0 aromatic carbocycles. The molecule has 0 radical (unpaired) electrons. The molecule has 0 bridgehead atoms. The Morgan fingerprint density at radius 1 is 1.43 bits per heavy atom. The maximum Gasteiger partial charge on any atom is 0.257 e. The number of rotatable bonds is 4. The quantitative estimate of drug-likeness (QED) is 0.524. The van der Waals surface area contributed by atoms with Crippen LogP contribution in [0.15, 0.2) is 36.4 Å². The minimum atomic E-state index is -0.292. The van der Waals surface area contributed by atoms with Gasteiger partial charge in [0, 0.05) is 6.07 Å². The fraction of sp³-hybridized carbons (Fsp3) is 0.0909. The Bertz CT molecular complexity index is 828. The molecule has 0 atom stereocenters. The third-order valence-corrected chi connectivity index (χ3v) is 4.79. The Morgan fingerprint density at radius 3 is 3.00 bits per heavy atom. The summed E-state index contributed by atoms with van der Waals surface area (Å²) in [6, 6.07) is 5.04. The van der Waals surface area contributed by atoms with Crippen molar-refractivity contribution < 1.29 is 4.42 Å². The van der Waals surface area contributed by atoms with Crippen LogP contribution in [0.5, 0.6) is 0 Å². The Labute approximate surface area is 135 Å². The molecule has 3 aromatic heterocycles. The number of hydrogen-bond donors (Lipinski definition) is 2. The van der Waals surface area contributed by atoms with Gasteiger partial charge in [-0.1, -0.05) is 11.8 Å². The molecule has 0 saturated heterocycles. The Balaban J connectivity index is 1.71. The maximum atomic E-state index is 11.3. The summed E-state index contributed by atoms with van der Waals surface area (Å²) >= 11 is 6.16. The number of nitrogens with one attached hydrogen (secondary N) is 1. The molecule has 0 aliphatic rings. The number of thiophene rings is 1. The lowest BCUT2D eigenvalue weighted by Crippen LogP contribution is -2.09. The van der Waals surface area contributed by atoms with Gasteiger partial charge in [-0.2, -0.15) is 0 Å². The zero-order valence-electron chi connectivity index (χ0n) is 10.4. The summed E-state index contributed by atoms with van der Waals surface area (Å²) in [5, 5.41) is 8.37. The monoisotopic (exact) mass is 385 g/mol. The maximum absolute atomic E-state index is 11.3. The van der Waals surface area contributed by atoms with Gasteiger partial charge in [-0.15, -0.1) is 21.5 Å². The third kappa shape index (κ3) is 3.52. The molecule has 3 heterocycles. The first-order valence-corrected chi connectivity index (χ1v) is 8.27. The summed E-state index contributed by atoms with van der Waals surface area (Å²) in [6.45, 7) is 0. The van der Waals surface area contributed by atoms with Crippen molar-refractivity contribution in [3.05, 3.63) is 38.2 Å². The van der Waals surface area contributed by atoms with Crippen LogP contribution in [0, 0.1) is 0 Å². The second kappa shape index (κ2) is 6.00.